The lowest BCUT2D eigenvalue weighted by Gasteiger charge is -2.18. The second kappa shape index (κ2) is 7.44. The number of rotatable bonds is 5. The lowest BCUT2D eigenvalue weighted by atomic mass is 10.1. The molecule has 0 unspecified atom stereocenters. The number of nitrogens with two attached hydrogens (primary N) is 1. The summed E-state index contributed by atoms with van der Waals surface area (Å²) in [6.07, 6.45) is 1.53. The first-order valence-electron chi connectivity index (χ1n) is 7.91. The van der Waals surface area contributed by atoms with Crippen molar-refractivity contribution in [2.24, 2.45) is 0 Å². The standard InChI is InChI=1S/C17H19N7OS/c1-10-12(9-19-17(20-10)24(2)3)14(25)21-13(11-7-5-4-6-8-11)15-22-23-16(18)26-15/h4-9,13H,1-3H3,(H2,18,23)(H,21,25)/t13-/m1/s1. The molecule has 0 aliphatic carbocycles. The monoisotopic (exact) mass is 369 g/mol. The maximum atomic E-state index is 12.8. The SMILES string of the molecule is Cc1nc(N(C)C)ncc1C(=O)N[C@H](c1ccccc1)c1nnc(N)s1. The van der Waals surface area contributed by atoms with Crippen LogP contribution in [0, 0.1) is 6.92 Å². The molecule has 2 aromatic heterocycles. The molecule has 1 aromatic carbocycles. The highest BCUT2D eigenvalue weighted by Gasteiger charge is 2.23. The zero-order valence-corrected chi connectivity index (χ0v) is 15.5. The summed E-state index contributed by atoms with van der Waals surface area (Å²) in [5.74, 6) is 0.269. The fraction of sp³-hybridized carbons (Fsp3) is 0.235. The molecule has 0 saturated heterocycles. The Morgan fingerprint density at radius 1 is 1.23 bits per heavy atom. The van der Waals surface area contributed by atoms with Crippen LogP contribution in [0.5, 0.6) is 0 Å². The first-order chi connectivity index (χ1) is 12.5. The highest BCUT2D eigenvalue weighted by molar-refractivity contribution is 7.15. The number of hydrogen-bond donors (Lipinski definition) is 2. The molecular weight excluding hydrogens is 350 g/mol. The first-order valence-corrected chi connectivity index (χ1v) is 8.73. The van der Waals surface area contributed by atoms with Gasteiger partial charge in [-0.25, -0.2) is 9.97 Å². The largest absolute Gasteiger partial charge is 0.374 e. The van der Waals surface area contributed by atoms with Crippen molar-refractivity contribution >= 4 is 28.3 Å². The third-order valence-electron chi connectivity index (χ3n) is 3.72. The summed E-state index contributed by atoms with van der Waals surface area (Å²) in [7, 11) is 3.69. The van der Waals surface area contributed by atoms with E-state index in [0.717, 1.165) is 5.56 Å². The molecule has 0 spiro atoms. The van der Waals surface area contributed by atoms with Gasteiger partial charge in [-0.3, -0.25) is 4.79 Å². The third-order valence-corrected chi connectivity index (χ3v) is 4.54. The van der Waals surface area contributed by atoms with Crippen molar-refractivity contribution in [3.8, 4) is 0 Å². The Morgan fingerprint density at radius 2 is 1.96 bits per heavy atom. The van der Waals surface area contributed by atoms with Gasteiger partial charge in [-0.15, -0.1) is 10.2 Å². The Labute approximate surface area is 155 Å². The molecule has 134 valence electrons. The number of nitrogens with zero attached hydrogens (tertiary/aromatic N) is 5. The van der Waals surface area contributed by atoms with Crippen molar-refractivity contribution in [3.63, 3.8) is 0 Å². The van der Waals surface area contributed by atoms with Crippen LogP contribution in [0.25, 0.3) is 0 Å². The molecule has 3 rings (SSSR count). The van der Waals surface area contributed by atoms with Crippen molar-refractivity contribution < 1.29 is 4.79 Å². The maximum Gasteiger partial charge on any atom is 0.255 e. The van der Waals surface area contributed by atoms with Gasteiger partial charge in [-0.1, -0.05) is 41.7 Å². The Balaban J connectivity index is 1.91. The molecule has 26 heavy (non-hydrogen) atoms. The predicted molar refractivity (Wildman–Crippen MR) is 101 cm³/mol. The summed E-state index contributed by atoms with van der Waals surface area (Å²) in [4.78, 5) is 23.2. The van der Waals surface area contributed by atoms with E-state index in [9.17, 15) is 4.79 Å². The van der Waals surface area contributed by atoms with E-state index in [0.29, 0.717) is 27.3 Å². The number of aryl methyl sites for hydroxylation is 1. The van der Waals surface area contributed by atoms with Gasteiger partial charge in [-0.05, 0) is 12.5 Å². The van der Waals surface area contributed by atoms with Crippen LogP contribution in [-0.4, -0.2) is 40.2 Å². The fourth-order valence-electron chi connectivity index (χ4n) is 2.40. The van der Waals surface area contributed by atoms with E-state index in [2.05, 4.69) is 25.5 Å². The van der Waals surface area contributed by atoms with Crippen LogP contribution in [0.4, 0.5) is 11.1 Å². The third kappa shape index (κ3) is 3.77. The minimum Gasteiger partial charge on any atom is -0.374 e. The Bertz CT molecular complexity index is 910. The number of hydrogen-bond acceptors (Lipinski definition) is 8. The van der Waals surface area contributed by atoms with Gasteiger partial charge in [0.1, 0.15) is 11.0 Å². The smallest absolute Gasteiger partial charge is 0.255 e. The van der Waals surface area contributed by atoms with Crippen molar-refractivity contribution in [2.75, 3.05) is 24.7 Å². The van der Waals surface area contributed by atoms with Gasteiger partial charge in [0.2, 0.25) is 11.1 Å². The number of carbonyl (C=O) groups is 1. The molecule has 0 aliphatic rings. The van der Waals surface area contributed by atoms with Gasteiger partial charge in [0.15, 0.2) is 0 Å². The van der Waals surface area contributed by atoms with Crippen molar-refractivity contribution in [1.29, 1.82) is 0 Å². The van der Waals surface area contributed by atoms with Gasteiger partial charge < -0.3 is 16.0 Å². The van der Waals surface area contributed by atoms with Gasteiger partial charge in [0, 0.05) is 20.3 Å². The molecule has 8 nitrogen and oxygen atoms in total. The molecule has 2 heterocycles. The minimum absolute atomic E-state index is 0.282. The van der Waals surface area contributed by atoms with E-state index in [-0.39, 0.29) is 5.91 Å². The summed E-state index contributed by atoms with van der Waals surface area (Å²) in [6.45, 7) is 1.78. The summed E-state index contributed by atoms with van der Waals surface area (Å²) in [5, 5.41) is 11.9. The minimum atomic E-state index is -0.452. The zero-order valence-electron chi connectivity index (χ0n) is 14.7. The van der Waals surface area contributed by atoms with Crippen LogP contribution >= 0.6 is 11.3 Å². The van der Waals surface area contributed by atoms with Gasteiger partial charge in [-0.2, -0.15) is 0 Å². The molecule has 9 heteroatoms. The molecule has 0 saturated carbocycles. The summed E-state index contributed by atoms with van der Waals surface area (Å²) in [5.41, 5.74) is 7.62. The quantitative estimate of drug-likeness (QED) is 0.705. The summed E-state index contributed by atoms with van der Waals surface area (Å²) < 4.78 is 0. The summed E-state index contributed by atoms with van der Waals surface area (Å²) >= 11 is 1.24. The number of carbonyl (C=O) groups excluding carboxylic acids is 1. The Morgan fingerprint density at radius 3 is 2.54 bits per heavy atom. The number of amides is 1. The lowest BCUT2D eigenvalue weighted by Crippen LogP contribution is -2.30. The highest BCUT2D eigenvalue weighted by atomic mass is 32.1. The molecule has 3 aromatic rings. The lowest BCUT2D eigenvalue weighted by molar-refractivity contribution is 0.0941. The molecule has 0 aliphatic heterocycles. The van der Waals surface area contributed by atoms with Crippen molar-refractivity contribution in [1.82, 2.24) is 25.5 Å². The molecule has 0 fully saturated rings. The van der Waals surface area contributed by atoms with Crippen LogP contribution in [0.15, 0.2) is 36.5 Å². The molecule has 0 bridgehead atoms. The van der Waals surface area contributed by atoms with Gasteiger partial charge >= 0.3 is 0 Å². The number of nitrogen functional groups attached to an aromatic ring is 1. The fourth-order valence-corrected chi connectivity index (χ4v) is 3.09. The summed E-state index contributed by atoms with van der Waals surface area (Å²) in [6, 6.07) is 9.10. The van der Waals surface area contributed by atoms with Crippen LogP contribution < -0.4 is 16.0 Å². The number of benzene rings is 1. The van der Waals surface area contributed by atoms with Crippen LogP contribution in [0.1, 0.15) is 32.7 Å². The average molecular weight is 369 g/mol. The molecule has 1 atom stereocenters. The van der Waals surface area contributed by atoms with Gasteiger partial charge in [0.05, 0.1) is 11.3 Å². The Hall–Kier alpha value is -3.07. The number of nitrogens with one attached hydrogen (secondary N) is 1. The van der Waals surface area contributed by atoms with E-state index in [4.69, 9.17) is 5.73 Å². The normalized spacial score (nSPS) is 11.8. The molecular formula is C17H19N7OS. The second-order valence-corrected chi connectivity index (χ2v) is 6.90. The molecule has 0 radical (unpaired) electrons. The van der Waals surface area contributed by atoms with Crippen molar-refractivity contribution in [3.05, 3.63) is 58.4 Å². The molecule has 1 amide bonds. The first kappa shape index (κ1) is 17.7. The van der Waals surface area contributed by atoms with Gasteiger partial charge in [0.25, 0.3) is 5.91 Å². The highest BCUT2D eigenvalue weighted by Crippen LogP contribution is 2.26. The van der Waals surface area contributed by atoms with E-state index < -0.39 is 6.04 Å². The predicted octanol–water partition coefficient (Wildman–Crippen LogP) is 1.80. The van der Waals surface area contributed by atoms with Crippen molar-refractivity contribution in [2.45, 2.75) is 13.0 Å². The zero-order chi connectivity index (χ0) is 18.7. The van der Waals surface area contributed by atoms with E-state index in [1.807, 2.05) is 44.4 Å². The van der Waals surface area contributed by atoms with E-state index >= 15 is 0 Å². The Kier molecular flexibility index (Phi) is 5.08. The average Bonchev–Trinajstić information content (AvgIpc) is 3.06. The van der Waals surface area contributed by atoms with E-state index in [1.165, 1.54) is 17.5 Å². The number of aromatic nitrogens is 4. The second-order valence-electron chi connectivity index (χ2n) is 5.86. The van der Waals surface area contributed by atoms with E-state index in [1.54, 1.807) is 11.8 Å². The van der Waals surface area contributed by atoms with Crippen LogP contribution in [0.2, 0.25) is 0 Å². The maximum absolute atomic E-state index is 12.8. The topological polar surface area (TPSA) is 110 Å². The van der Waals surface area contributed by atoms with Crippen LogP contribution in [-0.2, 0) is 0 Å². The van der Waals surface area contributed by atoms with Crippen LogP contribution in [0.3, 0.4) is 0 Å². The number of anilines is 2. The molecule has 3 N–H and O–H groups in total.